The molecule has 1 amide bonds. The zero-order valence-corrected chi connectivity index (χ0v) is 13.4. The molecule has 0 saturated carbocycles. The second kappa shape index (κ2) is 7.64. The summed E-state index contributed by atoms with van der Waals surface area (Å²) in [6.45, 7) is 6.26. The summed E-state index contributed by atoms with van der Waals surface area (Å²) in [4.78, 5) is 12.0. The Morgan fingerprint density at radius 1 is 1.00 bits per heavy atom. The van der Waals surface area contributed by atoms with Gasteiger partial charge in [-0.25, -0.2) is 0 Å². The Bertz CT molecular complexity index is 608. The van der Waals surface area contributed by atoms with Crippen molar-refractivity contribution in [3.05, 3.63) is 65.7 Å². The van der Waals surface area contributed by atoms with E-state index in [1.807, 2.05) is 55.5 Å². The number of nitrogens with one attached hydrogen (secondary N) is 1. The molecule has 2 aromatic carbocycles. The third kappa shape index (κ3) is 4.62. The molecular weight excluding hydrogens is 274 g/mol. The largest absolute Gasteiger partial charge is 0.484 e. The molecule has 1 unspecified atom stereocenters. The maximum atomic E-state index is 12.0. The maximum absolute atomic E-state index is 12.0. The predicted octanol–water partition coefficient (Wildman–Crippen LogP) is 4.07. The highest BCUT2D eigenvalue weighted by atomic mass is 16.5. The van der Waals surface area contributed by atoms with Gasteiger partial charge in [0.05, 0.1) is 6.04 Å². The van der Waals surface area contributed by atoms with Gasteiger partial charge >= 0.3 is 0 Å². The Morgan fingerprint density at radius 3 is 2.36 bits per heavy atom. The SMILES string of the molecule is CC(C)c1cccc(OCC(=O)NC(C)c2ccccc2)c1. The van der Waals surface area contributed by atoms with Crippen LogP contribution in [0.2, 0.25) is 0 Å². The van der Waals surface area contributed by atoms with E-state index in [9.17, 15) is 4.79 Å². The van der Waals surface area contributed by atoms with Crippen LogP contribution >= 0.6 is 0 Å². The third-order valence-corrected chi connectivity index (χ3v) is 3.57. The molecule has 0 aliphatic rings. The minimum absolute atomic E-state index is 0.0265. The topological polar surface area (TPSA) is 38.3 Å². The van der Waals surface area contributed by atoms with Gasteiger partial charge in [0.25, 0.3) is 5.91 Å². The van der Waals surface area contributed by atoms with E-state index in [4.69, 9.17) is 4.74 Å². The molecule has 0 saturated heterocycles. The van der Waals surface area contributed by atoms with Crippen LogP contribution in [0, 0.1) is 0 Å². The zero-order valence-electron chi connectivity index (χ0n) is 13.4. The third-order valence-electron chi connectivity index (χ3n) is 3.57. The number of carbonyl (C=O) groups is 1. The summed E-state index contributed by atoms with van der Waals surface area (Å²) in [7, 11) is 0. The molecular formula is C19H23NO2. The van der Waals surface area contributed by atoms with Crippen molar-refractivity contribution in [2.45, 2.75) is 32.7 Å². The summed E-state index contributed by atoms with van der Waals surface area (Å²) in [5, 5.41) is 2.94. The number of rotatable bonds is 6. The van der Waals surface area contributed by atoms with Gasteiger partial charge in [-0.05, 0) is 36.1 Å². The molecule has 22 heavy (non-hydrogen) atoms. The van der Waals surface area contributed by atoms with Crippen molar-refractivity contribution >= 4 is 5.91 Å². The summed E-state index contributed by atoms with van der Waals surface area (Å²) >= 11 is 0. The molecule has 3 nitrogen and oxygen atoms in total. The van der Waals surface area contributed by atoms with Crippen molar-refractivity contribution in [3.8, 4) is 5.75 Å². The Hall–Kier alpha value is -2.29. The molecule has 3 heteroatoms. The average Bonchev–Trinajstić information content (AvgIpc) is 2.54. The summed E-state index contributed by atoms with van der Waals surface area (Å²) < 4.78 is 5.58. The van der Waals surface area contributed by atoms with Gasteiger partial charge in [-0.2, -0.15) is 0 Å². The monoisotopic (exact) mass is 297 g/mol. The van der Waals surface area contributed by atoms with Crippen LogP contribution in [0.1, 0.15) is 43.9 Å². The Kier molecular flexibility index (Phi) is 5.59. The summed E-state index contributed by atoms with van der Waals surface area (Å²) in [5.41, 5.74) is 2.29. The molecule has 0 aromatic heterocycles. The van der Waals surface area contributed by atoms with Gasteiger partial charge in [-0.3, -0.25) is 4.79 Å². The first-order valence-corrected chi connectivity index (χ1v) is 7.63. The average molecular weight is 297 g/mol. The lowest BCUT2D eigenvalue weighted by molar-refractivity contribution is -0.123. The number of benzene rings is 2. The van der Waals surface area contributed by atoms with Crippen molar-refractivity contribution in [2.75, 3.05) is 6.61 Å². The molecule has 0 spiro atoms. The van der Waals surface area contributed by atoms with E-state index in [2.05, 4.69) is 25.2 Å². The van der Waals surface area contributed by atoms with E-state index in [0.29, 0.717) is 5.92 Å². The molecule has 0 fully saturated rings. The van der Waals surface area contributed by atoms with Crippen molar-refractivity contribution in [3.63, 3.8) is 0 Å². The highest BCUT2D eigenvalue weighted by Gasteiger charge is 2.10. The molecule has 116 valence electrons. The Labute approximate surface area is 132 Å². The molecule has 0 aliphatic carbocycles. The Balaban J connectivity index is 1.86. The fraction of sp³-hybridized carbons (Fsp3) is 0.316. The van der Waals surface area contributed by atoms with Crippen LogP contribution in [0.3, 0.4) is 0 Å². The van der Waals surface area contributed by atoms with Crippen LogP contribution < -0.4 is 10.1 Å². The molecule has 0 radical (unpaired) electrons. The number of hydrogen-bond acceptors (Lipinski definition) is 2. The quantitative estimate of drug-likeness (QED) is 0.873. The minimum Gasteiger partial charge on any atom is -0.484 e. The second-order valence-corrected chi connectivity index (χ2v) is 5.72. The van der Waals surface area contributed by atoms with E-state index in [1.165, 1.54) is 5.56 Å². The molecule has 2 aromatic rings. The van der Waals surface area contributed by atoms with Gasteiger partial charge in [-0.15, -0.1) is 0 Å². The Morgan fingerprint density at radius 2 is 1.68 bits per heavy atom. The zero-order chi connectivity index (χ0) is 15.9. The van der Waals surface area contributed by atoms with Crippen molar-refractivity contribution in [2.24, 2.45) is 0 Å². The van der Waals surface area contributed by atoms with E-state index >= 15 is 0 Å². The maximum Gasteiger partial charge on any atom is 0.258 e. The first kappa shape index (κ1) is 16.1. The van der Waals surface area contributed by atoms with Crippen LogP contribution in [0.25, 0.3) is 0 Å². The molecule has 2 rings (SSSR count). The lowest BCUT2D eigenvalue weighted by Gasteiger charge is -2.15. The standard InChI is InChI=1S/C19H23NO2/c1-14(2)17-10-7-11-18(12-17)22-13-19(21)20-15(3)16-8-5-4-6-9-16/h4-12,14-15H,13H2,1-3H3,(H,20,21). The normalized spacial score (nSPS) is 12.0. The fourth-order valence-corrected chi connectivity index (χ4v) is 2.22. The van der Waals surface area contributed by atoms with Crippen LogP contribution in [0.15, 0.2) is 54.6 Å². The number of ether oxygens (including phenoxy) is 1. The van der Waals surface area contributed by atoms with Gasteiger partial charge in [0.15, 0.2) is 6.61 Å². The molecule has 1 N–H and O–H groups in total. The predicted molar refractivity (Wildman–Crippen MR) is 89.0 cm³/mol. The van der Waals surface area contributed by atoms with E-state index in [0.717, 1.165) is 11.3 Å². The van der Waals surface area contributed by atoms with Gasteiger partial charge in [0.2, 0.25) is 0 Å². The molecule has 1 atom stereocenters. The molecule has 0 bridgehead atoms. The minimum atomic E-state index is -0.119. The molecule has 0 aliphatic heterocycles. The first-order chi connectivity index (χ1) is 10.6. The summed E-state index contributed by atoms with van der Waals surface area (Å²) in [5.74, 6) is 1.05. The van der Waals surface area contributed by atoms with E-state index in [1.54, 1.807) is 0 Å². The summed E-state index contributed by atoms with van der Waals surface area (Å²) in [6.07, 6.45) is 0. The molecule has 0 heterocycles. The second-order valence-electron chi connectivity index (χ2n) is 5.72. The van der Waals surface area contributed by atoms with Crippen LogP contribution in [0.4, 0.5) is 0 Å². The van der Waals surface area contributed by atoms with Crippen molar-refractivity contribution in [1.29, 1.82) is 0 Å². The van der Waals surface area contributed by atoms with Crippen molar-refractivity contribution in [1.82, 2.24) is 5.32 Å². The lowest BCUT2D eigenvalue weighted by Crippen LogP contribution is -2.31. The van der Waals surface area contributed by atoms with Crippen molar-refractivity contribution < 1.29 is 9.53 Å². The highest BCUT2D eigenvalue weighted by Crippen LogP contribution is 2.20. The van der Waals surface area contributed by atoms with Gasteiger partial charge < -0.3 is 10.1 Å². The van der Waals surface area contributed by atoms with E-state index < -0.39 is 0 Å². The van der Waals surface area contributed by atoms with Gasteiger partial charge in [0.1, 0.15) is 5.75 Å². The first-order valence-electron chi connectivity index (χ1n) is 7.63. The van der Waals surface area contributed by atoms with Gasteiger partial charge in [-0.1, -0.05) is 56.3 Å². The summed E-state index contributed by atoms with van der Waals surface area (Å²) in [6, 6.07) is 17.7. The van der Waals surface area contributed by atoms with Gasteiger partial charge in [0, 0.05) is 0 Å². The smallest absolute Gasteiger partial charge is 0.258 e. The number of carbonyl (C=O) groups excluding carboxylic acids is 1. The lowest BCUT2D eigenvalue weighted by atomic mass is 10.0. The number of hydrogen-bond donors (Lipinski definition) is 1. The van der Waals surface area contributed by atoms with E-state index in [-0.39, 0.29) is 18.6 Å². The van der Waals surface area contributed by atoms with Crippen LogP contribution in [0.5, 0.6) is 5.75 Å². The fourth-order valence-electron chi connectivity index (χ4n) is 2.22. The van der Waals surface area contributed by atoms with Crippen LogP contribution in [-0.2, 0) is 4.79 Å². The highest BCUT2D eigenvalue weighted by molar-refractivity contribution is 5.78. The number of amides is 1. The van der Waals surface area contributed by atoms with Crippen LogP contribution in [-0.4, -0.2) is 12.5 Å².